The van der Waals surface area contributed by atoms with Gasteiger partial charge in [-0.2, -0.15) is 0 Å². The Bertz CT molecular complexity index is 1060. The van der Waals surface area contributed by atoms with E-state index in [4.69, 9.17) is 4.74 Å². The third-order valence-corrected chi connectivity index (χ3v) is 7.80. The molecule has 2 amide bonds. The van der Waals surface area contributed by atoms with E-state index >= 15 is 0 Å². The summed E-state index contributed by atoms with van der Waals surface area (Å²) in [6, 6.07) is 11.6. The third kappa shape index (κ3) is 5.94. The molecule has 1 saturated heterocycles. The molecule has 2 aromatic heterocycles. The van der Waals surface area contributed by atoms with Crippen LogP contribution in [0.2, 0.25) is 0 Å². The van der Waals surface area contributed by atoms with Gasteiger partial charge in [-0.3, -0.25) is 14.9 Å². The number of ether oxygens (including phenoxy) is 1. The van der Waals surface area contributed by atoms with Gasteiger partial charge in [-0.15, -0.1) is 34.4 Å². The van der Waals surface area contributed by atoms with E-state index in [0.29, 0.717) is 17.2 Å². The van der Waals surface area contributed by atoms with E-state index in [1.165, 1.54) is 18.3 Å². The van der Waals surface area contributed by atoms with Crippen molar-refractivity contribution < 1.29 is 14.3 Å². The summed E-state index contributed by atoms with van der Waals surface area (Å²) in [4.78, 5) is 31.6. The highest BCUT2D eigenvalue weighted by Crippen LogP contribution is 2.32. The summed E-state index contributed by atoms with van der Waals surface area (Å²) in [5, 5.41) is 8.23. The molecule has 1 aromatic carbocycles. The number of carbonyl (C=O) groups excluding carboxylic acids is 2. The van der Waals surface area contributed by atoms with E-state index in [0.717, 1.165) is 45.5 Å². The van der Waals surface area contributed by atoms with Crippen molar-refractivity contribution >= 4 is 51.4 Å². The Kier molecular flexibility index (Phi) is 7.39. The molecule has 0 radical (unpaired) electrons. The van der Waals surface area contributed by atoms with Crippen LogP contribution in [0, 0.1) is 0 Å². The lowest BCUT2D eigenvalue weighted by Crippen LogP contribution is -2.17. The molecule has 1 aliphatic rings. The maximum absolute atomic E-state index is 12.9. The fourth-order valence-electron chi connectivity index (χ4n) is 3.17. The summed E-state index contributed by atoms with van der Waals surface area (Å²) in [5.74, 6) is 0.641. The molecule has 162 valence electrons. The Hall–Kier alpha value is -2.20. The maximum atomic E-state index is 12.9. The van der Waals surface area contributed by atoms with E-state index in [9.17, 15) is 9.59 Å². The Morgan fingerprint density at radius 2 is 2.13 bits per heavy atom. The molecule has 3 aromatic rings. The second-order valence-electron chi connectivity index (χ2n) is 7.11. The van der Waals surface area contributed by atoms with Crippen molar-refractivity contribution in [2.75, 3.05) is 17.7 Å². The maximum Gasteiger partial charge on any atom is 0.258 e. The van der Waals surface area contributed by atoms with Crippen LogP contribution in [0.25, 0.3) is 10.6 Å². The van der Waals surface area contributed by atoms with E-state index in [-0.39, 0.29) is 17.9 Å². The highest BCUT2D eigenvalue weighted by Gasteiger charge is 2.18. The number of rotatable bonds is 8. The Balaban J connectivity index is 1.39. The number of nitrogens with one attached hydrogen (secondary N) is 2. The van der Waals surface area contributed by atoms with Crippen LogP contribution in [-0.2, 0) is 16.1 Å². The van der Waals surface area contributed by atoms with Gasteiger partial charge in [-0.25, -0.2) is 4.98 Å². The third-order valence-electron chi connectivity index (χ3n) is 4.73. The van der Waals surface area contributed by atoms with Gasteiger partial charge in [0.15, 0.2) is 5.13 Å². The van der Waals surface area contributed by atoms with E-state index in [2.05, 4.69) is 15.6 Å². The standard InChI is InChI=1S/C22H23N3O3S3/c1-14(26)23-11-16-8-9-20(31-16)18-13-30-22(24-18)25-21(27)17-6-2-3-7-19(17)29-12-15-5-4-10-28-15/h2-3,6-9,13,15H,4-5,10-12H2,1H3,(H,23,26)(H,24,25,27). The lowest BCUT2D eigenvalue weighted by Gasteiger charge is -2.11. The number of thioether (sulfide) groups is 1. The van der Waals surface area contributed by atoms with Gasteiger partial charge >= 0.3 is 0 Å². The predicted molar refractivity (Wildman–Crippen MR) is 127 cm³/mol. The number of thiophene rings is 1. The lowest BCUT2D eigenvalue weighted by atomic mass is 10.2. The van der Waals surface area contributed by atoms with Crippen molar-refractivity contribution in [2.24, 2.45) is 0 Å². The van der Waals surface area contributed by atoms with Gasteiger partial charge in [-0.05, 0) is 37.1 Å². The zero-order valence-electron chi connectivity index (χ0n) is 17.1. The summed E-state index contributed by atoms with van der Waals surface area (Å²) in [7, 11) is 0. The molecule has 1 atom stereocenters. The number of thiazole rings is 1. The molecule has 1 fully saturated rings. The smallest absolute Gasteiger partial charge is 0.258 e. The molecule has 3 heterocycles. The second kappa shape index (κ2) is 10.4. The number of anilines is 1. The fourth-order valence-corrected chi connectivity index (χ4v) is 5.98. The highest BCUT2D eigenvalue weighted by atomic mass is 32.2. The SMILES string of the molecule is CC(=O)NCc1ccc(-c2csc(NC(=O)c3ccccc3SCC3CCCO3)n2)s1. The minimum absolute atomic E-state index is 0.0529. The van der Waals surface area contributed by atoms with Crippen LogP contribution in [0.1, 0.15) is 35.0 Å². The second-order valence-corrected chi connectivity index (χ2v) is 10.2. The van der Waals surface area contributed by atoms with Gasteiger partial charge in [0.25, 0.3) is 5.91 Å². The zero-order chi connectivity index (χ0) is 21.6. The molecule has 2 N–H and O–H groups in total. The normalized spacial score (nSPS) is 15.7. The van der Waals surface area contributed by atoms with Gasteiger partial charge in [0.2, 0.25) is 5.91 Å². The molecule has 1 aliphatic heterocycles. The van der Waals surface area contributed by atoms with Crippen molar-refractivity contribution in [3.63, 3.8) is 0 Å². The van der Waals surface area contributed by atoms with Crippen molar-refractivity contribution in [3.8, 4) is 10.6 Å². The molecule has 0 saturated carbocycles. The largest absolute Gasteiger partial charge is 0.377 e. The number of aromatic nitrogens is 1. The predicted octanol–water partition coefficient (Wildman–Crippen LogP) is 5.03. The van der Waals surface area contributed by atoms with Crippen LogP contribution < -0.4 is 10.6 Å². The molecule has 31 heavy (non-hydrogen) atoms. The number of hydrogen-bond acceptors (Lipinski definition) is 7. The van der Waals surface area contributed by atoms with Crippen LogP contribution in [0.3, 0.4) is 0 Å². The molecule has 6 nitrogen and oxygen atoms in total. The first-order chi connectivity index (χ1) is 15.1. The summed E-state index contributed by atoms with van der Waals surface area (Å²) >= 11 is 4.64. The number of nitrogens with zero attached hydrogens (tertiary/aromatic N) is 1. The van der Waals surface area contributed by atoms with Crippen LogP contribution >= 0.6 is 34.4 Å². The van der Waals surface area contributed by atoms with Gasteiger partial charge in [-0.1, -0.05) is 12.1 Å². The van der Waals surface area contributed by atoms with Crippen LogP contribution in [0.15, 0.2) is 46.7 Å². The highest BCUT2D eigenvalue weighted by molar-refractivity contribution is 7.99. The van der Waals surface area contributed by atoms with Gasteiger partial charge < -0.3 is 10.1 Å². The number of carbonyl (C=O) groups is 2. The van der Waals surface area contributed by atoms with Crippen LogP contribution in [0.5, 0.6) is 0 Å². The first-order valence-corrected chi connectivity index (χ1v) is 12.7. The van der Waals surface area contributed by atoms with E-state index < -0.39 is 0 Å². The molecule has 0 bridgehead atoms. The minimum Gasteiger partial charge on any atom is -0.377 e. The number of benzene rings is 1. The number of hydrogen-bond donors (Lipinski definition) is 2. The van der Waals surface area contributed by atoms with Crippen molar-refractivity contribution in [1.29, 1.82) is 0 Å². The van der Waals surface area contributed by atoms with Crippen LogP contribution in [-0.4, -0.2) is 35.3 Å². The number of amides is 2. The average Bonchev–Trinajstić information content (AvgIpc) is 3.52. The van der Waals surface area contributed by atoms with Gasteiger partial charge in [0.1, 0.15) is 0 Å². The van der Waals surface area contributed by atoms with Gasteiger partial charge in [0.05, 0.1) is 28.8 Å². The zero-order valence-corrected chi connectivity index (χ0v) is 19.5. The monoisotopic (exact) mass is 473 g/mol. The minimum atomic E-state index is -0.158. The Labute approximate surface area is 193 Å². The molecular formula is C22H23N3O3S3. The van der Waals surface area contributed by atoms with Gasteiger partial charge in [0, 0.05) is 34.4 Å². The first-order valence-electron chi connectivity index (χ1n) is 10.0. The van der Waals surface area contributed by atoms with Crippen LogP contribution in [0.4, 0.5) is 5.13 Å². The Morgan fingerprint density at radius 1 is 1.26 bits per heavy atom. The van der Waals surface area contributed by atoms with Crippen molar-refractivity contribution in [3.05, 3.63) is 52.2 Å². The quantitative estimate of drug-likeness (QED) is 0.449. The van der Waals surface area contributed by atoms with Crippen molar-refractivity contribution in [2.45, 2.75) is 37.3 Å². The lowest BCUT2D eigenvalue weighted by molar-refractivity contribution is -0.119. The summed E-state index contributed by atoms with van der Waals surface area (Å²) in [6.45, 7) is 2.84. The Morgan fingerprint density at radius 3 is 2.94 bits per heavy atom. The molecule has 9 heteroatoms. The van der Waals surface area contributed by atoms with Crippen molar-refractivity contribution in [1.82, 2.24) is 10.3 Å². The molecule has 0 spiro atoms. The molecule has 4 rings (SSSR count). The van der Waals surface area contributed by atoms with E-state index in [1.807, 2.05) is 41.8 Å². The molecule has 1 unspecified atom stereocenters. The topological polar surface area (TPSA) is 80.3 Å². The summed E-state index contributed by atoms with van der Waals surface area (Å²) in [6.07, 6.45) is 2.46. The summed E-state index contributed by atoms with van der Waals surface area (Å²) in [5.41, 5.74) is 1.47. The first kappa shape index (κ1) is 22.0. The fraction of sp³-hybridized carbons (Fsp3) is 0.318. The molecule has 0 aliphatic carbocycles. The van der Waals surface area contributed by atoms with E-state index in [1.54, 1.807) is 23.1 Å². The molecular weight excluding hydrogens is 450 g/mol. The average molecular weight is 474 g/mol. The summed E-state index contributed by atoms with van der Waals surface area (Å²) < 4.78 is 5.69.